The van der Waals surface area contributed by atoms with Crippen molar-refractivity contribution in [2.24, 2.45) is 0 Å². The molecule has 3 heteroatoms. The van der Waals surface area contributed by atoms with Gasteiger partial charge in [0.05, 0.1) is 17.1 Å². The van der Waals surface area contributed by atoms with Crippen LogP contribution in [0.25, 0.3) is 0 Å². The summed E-state index contributed by atoms with van der Waals surface area (Å²) in [5, 5.41) is 0. The molecule has 0 aliphatic carbocycles. The molecule has 0 amide bonds. The monoisotopic (exact) mass is 721 g/mol. The van der Waals surface area contributed by atoms with Gasteiger partial charge in [0.15, 0.2) is 0 Å². The highest BCUT2D eigenvalue weighted by atomic mass is 15.2. The van der Waals surface area contributed by atoms with Crippen LogP contribution in [-0.2, 0) is 0 Å². The Morgan fingerprint density at radius 1 is 0.436 bits per heavy atom. The molecule has 0 N–H and O–H groups in total. The Kier molecular flexibility index (Phi) is 11.6. The second-order valence-corrected chi connectivity index (χ2v) is 15.1. The Morgan fingerprint density at radius 2 is 0.745 bits per heavy atom. The Bertz CT molecular complexity index is 2210. The van der Waals surface area contributed by atoms with Crippen molar-refractivity contribution in [1.29, 1.82) is 0 Å². The van der Waals surface area contributed by atoms with Crippen molar-refractivity contribution in [2.45, 2.75) is 69.2 Å². The summed E-state index contributed by atoms with van der Waals surface area (Å²) in [4.78, 5) is 7.40. The van der Waals surface area contributed by atoms with E-state index in [0.717, 1.165) is 56.8 Å². The maximum Gasteiger partial charge on any atom is 0.0562 e. The molecule has 0 spiro atoms. The first kappa shape index (κ1) is 38.7. The number of aryl methyl sites for hydroxylation is 5. The van der Waals surface area contributed by atoms with Crippen LogP contribution in [0.5, 0.6) is 0 Å². The van der Waals surface area contributed by atoms with Gasteiger partial charge in [-0.3, -0.25) is 0 Å². The molecule has 0 atom stereocenters. The van der Waals surface area contributed by atoms with E-state index in [2.05, 4.69) is 224 Å². The normalized spacial score (nSPS) is 11.7. The van der Waals surface area contributed by atoms with Crippen LogP contribution in [0.4, 0.5) is 45.5 Å². The van der Waals surface area contributed by atoms with E-state index < -0.39 is 0 Å². The Morgan fingerprint density at radius 3 is 1.07 bits per heavy atom. The average molecular weight is 722 g/mol. The zero-order valence-corrected chi connectivity index (χ0v) is 34.3. The maximum absolute atomic E-state index is 3.99. The van der Waals surface area contributed by atoms with Crippen LogP contribution in [0, 0.1) is 55.4 Å². The first-order chi connectivity index (χ1) is 26.4. The number of hydrogen-bond donors (Lipinski definition) is 0. The maximum atomic E-state index is 3.99. The molecule has 0 saturated carbocycles. The van der Waals surface area contributed by atoms with E-state index in [4.69, 9.17) is 0 Å². The topological polar surface area (TPSA) is 9.72 Å². The highest BCUT2D eigenvalue weighted by Gasteiger charge is 2.31. The predicted molar refractivity (Wildman–Crippen MR) is 240 cm³/mol. The van der Waals surface area contributed by atoms with Crippen molar-refractivity contribution in [3.8, 4) is 0 Å². The summed E-state index contributed by atoms with van der Waals surface area (Å²) in [6.45, 7) is 26.1. The van der Waals surface area contributed by atoms with E-state index in [1.54, 1.807) is 0 Å². The highest BCUT2D eigenvalue weighted by molar-refractivity contribution is 5.96. The minimum atomic E-state index is 1.11. The lowest BCUT2D eigenvalue weighted by Crippen LogP contribution is -2.23. The molecule has 0 fully saturated rings. The Hall–Kier alpha value is -6.06. The summed E-state index contributed by atoms with van der Waals surface area (Å²) < 4.78 is 0. The third-order valence-corrected chi connectivity index (χ3v) is 10.3. The Balaban J connectivity index is 1.84. The van der Waals surface area contributed by atoms with Crippen molar-refractivity contribution in [3.63, 3.8) is 0 Å². The lowest BCUT2D eigenvalue weighted by molar-refractivity contribution is 1.09. The molecular formula is C52H55N3. The molecule has 6 rings (SSSR count). The van der Waals surface area contributed by atoms with Crippen LogP contribution in [-0.4, -0.2) is 0 Å². The number of anilines is 8. The van der Waals surface area contributed by atoms with Gasteiger partial charge in [-0.05, 0) is 186 Å². The van der Waals surface area contributed by atoms with Gasteiger partial charge in [-0.1, -0.05) is 79.4 Å². The van der Waals surface area contributed by atoms with Gasteiger partial charge in [0.1, 0.15) is 0 Å². The van der Waals surface area contributed by atoms with Crippen molar-refractivity contribution >= 4 is 45.5 Å². The van der Waals surface area contributed by atoms with Gasteiger partial charge in [-0.15, -0.1) is 0 Å². The molecule has 6 aromatic rings. The number of rotatable bonds is 11. The molecule has 0 bridgehead atoms. The highest BCUT2D eigenvalue weighted by Crippen LogP contribution is 2.53. The molecular weight excluding hydrogens is 667 g/mol. The quantitative estimate of drug-likeness (QED) is 0.123. The zero-order valence-electron chi connectivity index (χ0n) is 34.3. The number of allylic oxidation sites excluding steroid dienone is 5. The average Bonchev–Trinajstić information content (AvgIpc) is 3.13. The third kappa shape index (κ3) is 8.22. The fourth-order valence-corrected chi connectivity index (χ4v) is 7.97. The molecule has 0 aliphatic rings. The van der Waals surface area contributed by atoms with Gasteiger partial charge in [-0.25, -0.2) is 0 Å². The zero-order chi connectivity index (χ0) is 39.4. The number of benzene rings is 6. The fraction of sp³-hybridized carbons (Fsp3) is 0.192. The standard InChI is InChI=1S/C52H55N3/c1-12-18-35(2)29-41(8)53(45-24-13-19-36(3)30-45)50-42(9)51(54(46-25-14-20-37(4)31-46)47-26-15-21-38(5)32-47)44(11)52(43(50)10)55(48-27-16-22-39(6)33-48)49-28-17-23-40(7)34-49/h12-34H,1H2,2-11H3/b35-18-,41-29+. The second-order valence-electron chi connectivity index (χ2n) is 15.1. The largest absolute Gasteiger partial charge is 0.314 e. The van der Waals surface area contributed by atoms with E-state index in [9.17, 15) is 0 Å². The van der Waals surface area contributed by atoms with E-state index in [1.165, 1.54) is 44.5 Å². The summed E-state index contributed by atoms with van der Waals surface area (Å²) in [6, 6.07) is 44.4. The van der Waals surface area contributed by atoms with Gasteiger partial charge < -0.3 is 14.7 Å². The van der Waals surface area contributed by atoms with Crippen LogP contribution < -0.4 is 14.7 Å². The number of hydrogen-bond acceptors (Lipinski definition) is 3. The van der Waals surface area contributed by atoms with Crippen LogP contribution >= 0.6 is 0 Å². The van der Waals surface area contributed by atoms with Gasteiger partial charge >= 0.3 is 0 Å². The van der Waals surface area contributed by atoms with Crippen molar-refractivity contribution in [2.75, 3.05) is 14.7 Å². The molecule has 0 unspecified atom stereocenters. The van der Waals surface area contributed by atoms with Crippen LogP contribution in [0.2, 0.25) is 0 Å². The molecule has 0 saturated heterocycles. The van der Waals surface area contributed by atoms with Crippen LogP contribution in [0.1, 0.15) is 58.4 Å². The predicted octanol–water partition coefficient (Wildman–Crippen LogP) is 15.3. The molecule has 6 aromatic carbocycles. The van der Waals surface area contributed by atoms with Gasteiger partial charge in [0, 0.05) is 34.1 Å². The van der Waals surface area contributed by atoms with E-state index in [0.29, 0.717) is 0 Å². The Labute approximate surface area is 330 Å². The third-order valence-electron chi connectivity index (χ3n) is 10.3. The first-order valence-corrected chi connectivity index (χ1v) is 19.2. The van der Waals surface area contributed by atoms with Crippen LogP contribution in [0.15, 0.2) is 157 Å². The smallest absolute Gasteiger partial charge is 0.0562 e. The van der Waals surface area contributed by atoms with Crippen molar-refractivity contribution in [3.05, 3.63) is 202 Å². The van der Waals surface area contributed by atoms with Gasteiger partial charge in [0.2, 0.25) is 0 Å². The van der Waals surface area contributed by atoms with Gasteiger partial charge in [0.25, 0.3) is 0 Å². The van der Waals surface area contributed by atoms with E-state index >= 15 is 0 Å². The first-order valence-electron chi connectivity index (χ1n) is 19.2. The van der Waals surface area contributed by atoms with Crippen molar-refractivity contribution in [1.82, 2.24) is 0 Å². The van der Waals surface area contributed by atoms with Crippen LogP contribution in [0.3, 0.4) is 0 Å². The fourth-order valence-electron chi connectivity index (χ4n) is 7.97. The molecule has 0 aromatic heterocycles. The summed E-state index contributed by atoms with van der Waals surface area (Å²) in [7, 11) is 0. The lowest BCUT2D eigenvalue weighted by Gasteiger charge is -2.39. The van der Waals surface area contributed by atoms with Crippen molar-refractivity contribution < 1.29 is 0 Å². The number of nitrogens with zero attached hydrogens (tertiary/aromatic N) is 3. The lowest BCUT2D eigenvalue weighted by atomic mass is 9.93. The molecule has 0 radical (unpaired) electrons. The molecule has 0 heterocycles. The molecule has 278 valence electrons. The SMILES string of the molecule is C=C/C=C(C)\C=C(/C)N(c1cccc(C)c1)c1c(C)c(N(c2cccc(C)c2)c2cccc(C)c2)c(C)c(N(c2cccc(C)c2)c2cccc(C)c2)c1C. The van der Waals surface area contributed by atoms with E-state index in [-0.39, 0.29) is 0 Å². The summed E-state index contributed by atoms with van der Waals surface area (Å²) >= 11 is 0. The molecule has 0 aliphatic heterocycles. The summed E-state index contributed by atoms with van der Waals surface area (Å²) in [6.07, 6.45) is 6.19. The summed E-state index contributed by atoms with van der Waals surface area (Å²) in [5.74, 6) is 0. The van der Waals surface area contributed by atoms with Gasteiger partial charge in [-0.2, -0.15) is 0 Å². The minimum absolute atomic E-state index is 1.11. The molecule has 3 nitrogen and oxygen atoms in total. The molecule has 55 heavy (non-hydrogen) atoms. The second kappa shape index (κ2) is 16.5. The minimum Gasteiger partial charge on any atom is -0.314 e. The summed E-state index contributed by atoms with van der Waals surface area (Å²) in [5.41, 5.74) is 20.9. The van der Waals surface area contributed by atoms with E-state index in [1.807, 2.05) is 6.08 Å².